The summed E-state index contributed by atoms with van der Waals surface area (Å²) in [5.74, 6) is 1.65. The van der Waals surface area contributed by atoms with E-state index in [2.05, 4.69) is 54.0 Å². The molecule has 32 heavy (non-hydrogen) atoms. The second-order valence-electron chi connectivity index (χ2n) is 9.09. The van der Waals surface area contributed by atoms with Crippen molar-refractivity contribution in [1.82, 2.24) is 9.55 Å². The van der Waals surface area contributed by atoms with E-state index < -0.39 is 0 Å². The molecule has 6 nitrogen and oxygen atoms in total. The molecule has 4 heterocycles. The smallest absolute Gasteiger partial charge is 0.137 e. The molecule has 0 N–H and O–H groups in total. The number of nitrogens with zero attached hydrogens (tertiary/aromatic N) is 3. The van der Waals surface area contributed by atoms with Crippen LogP contribution in [0.5, 0.6) is 5.75 Å². The summed E-state index contributed by atoms with van der Waals surface area (Å²) in [4.78, 5) is 10.5. The topological polar surface area (TPSA) is 57.9 Å². The predicted molar refractivity (Wildman–Crippen MR) is 126 cm³/mol. The van der Waals surface area contributed by atoms with Crippen LogP contribution in [0.3, 0.4) is 0 Å². The fraction of sp³-hybridized carbons (Fsp3) is 0.462. The predicted octanol–water partition coefficient (Wildman–Crippen LogP) is 5.33. The molecule has 0 amide bonds. The van der Waals surface area contributed by atoms with Crippen molar-refractivity contribution in [3.63, 3.8) is 0 Å². The Hall–Kier alpha value is -2.86. The summed E-state index contributed by atoms with van der Waals surface area (Å²) < 4.78 is 13.6. The first kappa shape index (κ1) is 21.0. The van der Waals surface area contributed by atoms with Crippen LogP contribution in [0.1, 0.15) is 43.7 Å². The van der Waals surface area contributed by atoms with Gasteiger partial charge in [-0.25, -0.2) is 0 Å². The van der Waals surface area contributed by atoms with Crippen LogP contribution in [-0.2, 0) is 16.1 Å². The van der Waals surface area contributed by atoms with E-state index in [1.807, 2.05) is 13.1 Å². The highest BCUT2D eigenvalue weighted by molar-refractivity contribution is 5.95. The normalized spacial score (nSPS) is 21.6. The van der Waals surface area contributed by atoms with Gasteiger partial charge in [-0.3, -0.25) is 4.98 Å². The van der Waals surface area contributed by atoms with Gasteiger partial charge in [0.1, 0.15) is 11.9 Å². The summed E-state index contributed by atoms with van der Waals surface area (Å²) in [5, 5.41) is 4.21. The van der Waals surface area contributed by atoms with Crippen molar-refractivity contribution in [3.8, 4) is 16.9 Å². The largest absolute Gasteiger partial charge is 0.496 e. The number of benzene rings is 1. The molecule has 2 aliphatic heterocycles. The molecule has 0 spiro atoms. The average molecular weight is 434 g/mol. The van der Waals surface area contributed by atoms with Gasteiger partial charge in [0.05, 0.1) is 29.8 Å². The van der Waals surface area contributed by atoms with Gasteiger partial charge >= 0.3 is 0 Å². The lowest BCUT2D eigenvalue weighted by Gasteiger charge is -2.23. The minimum absolute atomic E-state index is 0.0222. The number of pyridine rings is 1. The lowest BCUT2D eigenvalue weighted by molar-refractivity contribution is 0.0616. The molecule has 0 radical (unpaired) electrons. The summed E-state index contributed by atoms with van der Waals surface area (Å²) in [6, 6.07) is 8.67. The van der Waals surface area contributed by atoms with Crippen LogP contribution < -0.4 is 4.74 Å². The molecule has 0 saturated carbocycles. The van der Waals surface area contributed by atoms with Crippen LogP contribution in [-0.4, -0.2) is 41.7 Å². The van der Waals surface area contributed by atoms with Crippen molar-refractivity contribution in [3.05, 3.63) is 47.8 Å². The second kappa shape index (κ2) is 8.58. The van der Waals surface area contributed by atoms with Crippen molar-refractivity contribution in [2.24, 2.45) is 11.1 Å². The monoisotopic (exact) mass is 433 g/mol. The summed E-state index contributed by atoms with van der Waals surface area (Å²) in [5.41, 5.74) is 7.73. The Labute approximate surface area is 189 Å². The molecule has 168 valence electrons. The van der Waals surface area contributed by atoms with Gasteiger partial charge in [-0.15, -0.1) is 0 Å². The average Bonchev–Trinajstić information content (AvgIpc) is 3.33. The van der Waals surface area contributed by atoms with Gasteiger partial charge in [0.2, 0.25) is 0 Å². The first-order valence-corrected chi connectivity index (χ1v) is 11.5. The number of oxime groups is 1. The first-order valence-electron chi connectivity index (χ1n) is 11.5. The number of rotatable bonds is 5. The van der Waals surface area contributed by atoms with Crippen LogP contribution in [0.25, 0.3) is 22.2 Å². The maximum Gasteiger partial charge on any atom is 0.137 e. The van der Waals surface area contributed by atoms with E-state index in [4.69, 9.17) is 19.3 Å². The standard InChI is InChI=1S/C26H31N3O3/c1-16-5-6-20(12-24(16)30-4)22-15-29(14-19-7-9-31-10-8-19)23-11-21(13-27-26(22)23)25-17(2)28-32-18(25)3/h5-6,11-13,15,18-19,25H,7-10,14H2,1-4H3. The quantitative estimate of drug-likeness (QED) is 0.546. The van der Waals surface area contributed by atoms with Gasteiger partial charge in [-0.2, -0.15) is 0 Å². The Morgan fingerprint density at radius 3 is 2.69 bits per heavy atom. The van der Waals surface area contributed by atoms with Crippen LogP contribution in [0.4, 0.5) is 0 Å². The number of aryl methyl sites for hydroxylation is 1. The second-order valence-corrected chi connectivity index (χ2v) is 9.09. The van der Waals surface area contributed by atoms with Crippen molar-refractivity contribution in [1.29, 1.82) is 0 Å². The highest BCUT2D eigenvalue weighted by atomic mass is 16.6. The summed E-state index contributed by atoms with van der Waals surface area (Å²) in [7, 11) is 1.72. The highest BCUT2D eigenvalue weighted by Crippen LogP contribution is 2.36. The van der Waals surface area contributed by atoms with E-state index in [-0.39, 0.29) is 12.0 Å². The molecule has 2 aliphatic rings. The fourth-order valence-corrected chi connectivity index (χ4v) is 5.04. The SMILES string of the molecule is COc1cc(-c2cn(CC3CCOCC3)c3cc(C4C(C)=NOC4C)cnc23)ccc1C. The number of hydrogen-bond acceptors (Lipinski definition) is 5. The van der Waals surface area contributed by atoms with Gasteiger partial charge in [0.15, 0.2) is 0 Å². The molecule has 1 aromatic carbocycles. The third kappa shape index (κ3) is 3.77. The first-order chi connectivity index (χ1) is 15.5. The van der Waals surface area contributed by atoms with Crippen LogP contribution in [0.2, 0.25) is 0 Å². The van der Waals surface area contributed by atoms with E-state index in [0.29, 0.717) is 5.92 Å². The van der Waals surface area contributed by atoms with Crippen molar-refractivity contribution in [2.45, 2.75) is 52.2 Å². The van der Waals surface area contributed by atoms with Gasteiger partial charge in [-0.05, 0) is 68.4 Å². The van der Waals surface area contributed by atoms with Gasteiger partial charge in [0, 0.05) is 37.7 Å². The van der Waals surface area contributed by atoms with Gasteiger partial charge in [-0.1, -0.05) is 17.3 Å². The molecule has 1 saturated heterocycles. The Bertz CT molecular complexity index is 1160. The van der Waals surface area contributed by atoms with Gasteiger partial charge < -0.3 is 18.9 Å². The number of hydrogen-bond donors (Lipinski definition) is 0. The lowest BCUT2D eigenvalue weighted by Crippen LogP contribution is -2.20. The Morgan fingerprint density at radius 2 is 1.97 bits per heavy atom. The third-order valence-corrected chi connectivity index (χ3v) is 6.89. The molecule has 2 atom stereocenters. The summed E-state index contributed by atoms with van der Waals surface area (Å²) in [6.45, 7) is 8.83. The highest BCUT2D eigenvalue weighted by Gasteiger charge is 2.30. The maximum absolute atomic E-state index is 5.59. The lowest BCUT2D eigenvalue weighted by atomic mass is 9.92. The van der Waals surface area contributed by atoms with Crippen LogP contribution >= 0.6 is 0 Å². The van der Waals surface area contributed by atoms with Crippen molar-refractivity contribution >= 4 is 16.7 Å². The Morgan fingerprint density at radius 1 is 1.16 bits per heavy atom. The molecule has 3 aromatic rings. The molecule has 2 unspecified atom stereocenters. The fourth-order valence-electron chi connectivity index (χ4n) is 5.04. The summed E-state index contributed by atoms with van der Waals surface area (Å²) >= 11 is 0. The zero-order valence-electron chi connectivity index (χ0n) is 19.3. The summed E-state index contributed by atoms with van der Waals surface area (Å²) in [6.07, 6.45) is 6.47. The van der Waals surface area contributed by atoms with Crippen molar-refractivity contribution < 1.29 is 14.3 Å². The van der Waals surface area contributed by atoms with E-state index in [0.717, 1.165) is 77.3 Å². The zero-order valence-corrected chi connectivity index (χ0v) is 19.3. The molecule has 5 rings (SSSR count). The van der Waals surface area contributed by atoms with E-state index in [9.17, 15) is 0 Å². The Kier molecular flexibility index (Phi) is 5.64. The van der Waals surface area contributed by atoms with Crippen LogP contribution in [0, 0.1) is 12.8 Å². The Balaban J connectivity index is 1.62. The minimum atomic E-state index is 0.0222. The molecule has 2 aromatic heterocycles. The van der Waals surface area contributed by atoms with Crippen LogP contribution in [0.15, 0.2) is 41.8 Å². The van der Waals surface area contributed by atoms with Crippen molar-refractivity contribution in [2.75, 3.05) is 20.3 Å². The number of methoxy groups -OCH3 is 1. The number of aromatic nitrogens is 2. The maximum atomic E-state index is 5.59. The molecular formula is C26H31N3O3. The zero-order chi connectivity index (χ0) is 22.2. The molecule has 0 aliphatic carbocycles. The molecule has 0 bridgehead atoms. The molecule has 6 heteroatoms. The number of fused-ring (bicyclic) bond motifs is 1. The van der Waals surface area contributed by atoms with Gasteiger partial charge in [0.25, 0.3) is 0 Å². The minimum Gasteiger partial charge on any atom is -0.496 e. The van der Waals surface area contributed by atoms with E-state index in [1.54, 1.807) is 7.11 Å². The third-order valence-electron chi connectivity index (χ3n) is 6.89. The van der Waals surface area contributed by atoms with E-state index >= 15 is 0 Å². The number of ether oxygens (including phenoxy) is 2. The molecule has 1 fully saturated rings. The molecular weight excluding hydrogens is 402 g/mol. The van der Waals surface area contributed by atoms with E-state index in [1.165, 1.54) is 0 Å².